The number of amides is 1. The maximum atomic E-state index is 12.9. The zero-order valence-corrected chi connectivity index (χ0v) is 16.0. The Bertz CT molecular complexity index is 915. The van der Waals surface area contributed by atoms with Crippen LogP contribution in [0.2, 0.25) is 5.02 Å². The molecule has 1 N–H and O–H groups in total. The zero-order valence-electron chi connectivity index (χ0n) is 13.1. The van der Waals surface area contributed by atoms with Crippen molar-refractivity contribution in [3.8, 4) is 6.07 Å². The minimum absolute atomic E-state index is 0.0799. The lowest BCUT2D eigenvalue weighted by atomic mass is 9.75. The van der Waals surface area contributed by atoms with Crippen molar-refractivity contribution >= 4 is 45.8 Å². The van der Waals surface area contributed by atoms with E-state index in [1.54, 1.807) is 0 Å². The largest absolute Gasteiger partial charge is 0.416 e. The predicted octanol–water partition coefficient (Wildman–Crippen LogP) is 4.55. The van der Waals surface area contributed by atoms with Gasteiger partial charge < -0.3 is 5.32 Å². The van der Waals surface area contributed by atoms with Crippen LogP contribution in [0.5, 0.6) is 0 Å². The number of hydrogen-bond donors (Lipinski definition) is 1. The molecule has 1 aromatic heterocycles. The Labute approximate surface area is 165 Å². The van der Waals surface area contributed by atoms with Gasteiger partial charge in [0, 0.05) is 0 Å². The number of carbonyl (C=O) groups excluding carboxylic acids is 1. The number of anilines is 1. The van der Waals surface area contributed by atoms with Gasteiger partial charge in [-0.05, 0) is 60.1 Å². The quantitative estimate of drug-likeness (QED) is 0.637. The standard InChI is InChI=1S/C16H11ClF3IN4O/c17-10-6-9(16(18,19)20)2-3-12(10)24-14(26)15(4-1-5-15)25-13(7-22)11(21)8-23-25/h2-3,6,8H,1,4-5H2,(H,24,26). The molecule has 1 saturated carbocycles. The van der Waals surface area contributed by atoms with Crippen LogP contribution in [-0.2, 0) is 16.5 Å². The van der Waals surface area contributed by atoms with Gasteiger partial charge in [0.15, 0.2) is 5.69 Å². The minimum atomic E-state index is -4.52. The van der Waals surface area contributed by atoms with Crippen LogP contribution >= 0.6 is 34.2 Å². The molecule has 1 aromatic carbocycles. The summed E-state index contributed by atoms with van der Waals surface area (Å²) in [4.78, 5) is 12.9. The smallest absolute Gasteiger partial charge is 0.323 e. The average Bonchev–Trinajstić information content (AvgIpc) is 2.88. The van der Waals surface area contributed by atoms with Crippen LogP contribution in [0.25, 0.3) is 0 Å². The van der Waals surface area contributed by atoms with Gasteiger partial charge in [-0.15, -0.1) is 0 Å². The highest BCUT2D eigenvalue weighted by molar-refractivity contribution is 14.1. The number of nitriles is 1. The lowest BCUT2D eigenvalue weighted by molar-refractivity contribution is -0.137. The van der Waals surface area contributed by atoms with Crippen molar-refractivity contribution < 1.29 is 18.0 Å². The summed E-state index contributed by atoms with van der Waals surface area (Å²) in [7, 11) is 0. The summed E-state index contributed by atoms with van der Waals surface area (Å²) >= 11 is 7.87. The summed E-state index contributed by atoms with van der Waals surface area (Å²) in [6.45, 7) is 0. The van der Waals surface area contributed by atoms with E-state index in [0.717, 1.165) is 24.6 Å². The molecule has 1 fully saturated rings. The van der Waals surface area contributed by atoms with Gasteiger partial charge in [0.2, 0.25) is 0 Å². The minimum Gasteiger partial charge on any atom is -0.323 e. The maximum absolute atomic E-state index is 12.9. The van der Waals surface area contributed by atoms with Gasteiger partial charge in [-0.2, -0.15) is 23.5 Å². The normalized spacial score (nSPS) is 15.8. The Morgan fingerprint density at radius 3 is 2.62 bits per heavy atom. The fraction of sp³-hybridized carbons (Fsp3) is 0.312. The number of alkyl halides is 3. The lowest BCUT2D eigenvalue weighted by Crippen LogP contribution is -2.52. The summed E-state index contributed by atoms with van der Waals surface area (Å²) in [5, 5.41) is 15.8. The zero-order chi connectivity index (χ0) is 19.1. The van der Waals surface area contributed by atoms with Gasteiger partial charge in [0.1, 0.15) is 11.6 Å². The van der Waals surface area contributed by atoms with E-state index in [1.165, 1.54) is 10.9 Å². The number of halogens is 5. The SMILES string of the molecule is N#Cc1c(I)cnn1C1(C(=O)Nc2ccc(C(F)(F)F)cc2Cl)CCC1. The summed E-state index contributed by atoms with van der Waals surface area (Å²) in [5.74, 6) is -0.457. The van der Waals surface area contributed by atoms with Crippen molar-refractivity contribution in [3.63, 3.8) is 0 Å². The summed E-state index contributed by atoms with van der Waals surface area (Å²) in [5.41, 5.74) is -1.58. The molecular weight excluding hydrogens is 484 g/mol. The van der Waals surface area contributed by atoms with Crippen LogP contribution < -0.4 is 5.32 Å². The van der Waals surface area contributed by atoms with Gasteiger partial charge in [-0.25, -0.2) is 4.68 Å². The molecule has 0 bridgehead atoms. The maximum Gasteiger partial charge on any atom is 0.416 e. The van der Waals surface area contributed by atoms with Crippen molar-refractivity contribution in [2.24, 2.45) is 0 Å². The number of hydrogen-bond acceptors (Lipinski definition) is 3. The van der Waals surface area contributed by atoms with E-state index < -0.39 is 23.2 Å². The molecule has 1 aliphatic rings. The number of rotatable bonds is 3. The van der Waals surface area contributed by atoms with Gasteiger partial charge in [-0.3, -0.25) is 4.79 Å². The van der Waals surface area contributed by atoms with Crippen LogP contribution in [0.3, 0.4) is 0 Å². The van der Waals surface area contributed by atoms with Crippen molar-refractivity contribution in [3.05, 3.63) is 44.2 Å². The first-order valence-corrected chi connectivity index (χ1v) is 8.97. The van der Waals surface area contributed by atoms with E-state index >= 15 is 0 Å². The molecule has 1 amide bonds. The molecule has 0 aliphatic heterocycles. The van der Waals surface area contributed by atoms with Crippen molar-refractivity contribution in [1.82, 2.24) is 9.78 Å². The lowest BCUT2D eigenvalue weighted by Gasteiger charge is -2.40. The molecule has 0 radical (unpaired) electrons. The average molecular weight is 495 g/mol. The molecule has 5 nitrogen and oxygen atoms in total. The van der Waals surface area contributed by atoms with E-state index in [9.17, 15) is 23.2 Å². The second kappa shape index (κ2) is 6.74. The summed E-state index contributed by atoms with van der Waals surface area (Å²) < 4.78 is 40.2. The second-order valence-corrected chi connectivity index (χ2v) is 7.47. The molecule has 0 saturated heterocycles. The third-order valence-electron chi connectivity index (χ3n) is 4.38. The fourth-order valence-electron chi connectivity index (χ4n) is 2.83. The predicted molar refractivity (Wildman–Crippen MR) is 96.6 cm³/mol. The molecule has 3 rings (SSSR count). The fourth-order valence-corrected chi connectivity index (χ4v) is 3.53. The van der Waals surface area contributed by atoms with Gasteiger partial charge in [0.25, 0.3) is 5.91 Å². The Morgan fingerprint density at radius 2 is 2.12 bits per heavy atom. The topological polar surface area (TPSA) is 70.7 Å². The molecule has 2 aromatic rings. The van der Waals surface area contributed by atoms with Crippen LogP contribution in [0.4, 0.5) is 18.9 Å². The molecule has 1 aliphatic carbocycles. The van der Waals surface area contributed by atoms with Crippen LogP contribution in [-0.4, -0.2) is 15.7 Å². The van der Waals surface area contributed by atoms with Gasteiger partial charge in [-0.1, -0.05) is 11.6 Å². The van der Waals surface area contributed by atoms with E-state index in [1.807, 2.05) is 28.7 Å². The first kappa shape index (κ1) is 19.0. The molecule has 1 heterocycles. The first-order valence-electron chi connectivity index (χ1n) is 7.51. The summed E-state index contributed by atoms with van der Waals surface area (Å²) in [6, 6.07) is 4.77. The number of carbonyl (C=O) groups is 1. The molecule has 136 valence electrons. The van der Waals surface area contributed by atoms with Crippen LogP contribution in [0.15, 0.2) is 24.4 Å². The van der Waals surface area contributed by atoms with Crippen molar-refractivity contribution in [2.45, 2.75) is 31.0 Å². The third-order valence-corrected chi connectivity index (χ3v) is 5.49. The van der Waals surface area contributed by atoms with Crippen LogP contribution in [0, 0.1) is 14.9 Å². The first-order chi connectivity index (χ1) is 12.2. The Morgan fingerprint density at radius 1 is 1.42 bits per heavy atom. The monoisotopic (exact) mass is 494 g/mol. The van der Waals surface area contributed by atoms with Gasteiger partial charge >= 0.3 is 6.18 Å². The third kappa shape index (κ3) is 3.16. The molecule has 0 unspecified atom stereocenters. The van der Waals surface area contributed by atoms with E-state index in [2.05, 4.69) is 10.4 Å². The Kier molecular flexibility index (Phi) is 4.92. The number of aromatic nitrogens is 2. The van der Waals surface area contributed by atoms with E-state index in [4.69, 9.17) is 11.6 Å². The summed E-state index contributed by atoms with van der Waals surface area (Å²) in [6.07, 6.45) is -1.30. The van der Waals surface area contributed by atoms with E-state index in [-0.39, 0.29) is 16.4 Å². The number of benzene rings is 1. The highest BCUT2D eigenvalue weighted by Gasteiger charge is 2.48. The Hall–Kier alpha value is -1.80. The Balaban J connectivity index is 1.91. The molecule has 10 heteroatoms. The number of nitrogens with zero attached hydrogens (tertiary/aromatic N) is 3. The molecule has 0 atom stereocenters. The van der Waals surface area contributed by atoms with Crippen LogP contribution in [0.1, 0.15) is 30.5 Å². The van der Waals surface area contributed by atoms with E-state index in [0.29, 0.717) is 16.4 Å². The number of nitrogens with one attached hydrogen (secondary N) is 1. The van der Waals surface area contributed by atoms with Crippen molar-refractivity contribution in [1.29, 1.82) is 5.26 Å². The van der Waals surface area contributed by atoms with Gasteiger partial charge in [0.05, 0.1) is 26.0 Å². The van der Waals surface area contributed by atoms with Crippen molar-refractivity contribution in [2.75, 3.05) is 5.32 Å². The molecule has 0 spiro atoms. The highest BCUT2D eigenvalue weighted by atomic mass is 127. The highest BCUT2D eigenvalue weighted by Crippen LogP contribution is 2.42. The molecular formula is C16H11ClF3IN4O. The second-order valence-electron chi connectivity index (χ2n) is 5.90. The molecule has 26 heavy (non-hydrogen) atoms.